The molecule has 0 radical (unpaired) electrons. The van der Waals surface area contributed by atoms with E-state index in [-0.39, 0.29) is 0 Å². The van der Waals surface area contributed by atoms with Crippen LogP contribution in [0.25, 0.3) is 0 Å². The average Bonchev–Trinajstić information content (AvgIpc) is 3.08. The molecule has 0 saturated heterocycles. The zero-order chi connectivity index (χ0) is 22.9. The maximum Gasteiger partial charge on any atom is 0.00933 e. The predicted molar refractivity (Wildman–Crippen MR) is 135 cm³/mol. The highest BCUT2D eigenvalue weighted by molar-refractivity contribution is 5.18. The van der Waals surface area contributed by atoms with E-state index in [2.05, 4.69) is 48.1 Å². The maximum absolute atomic E-state index is 6.68. The van der Waals surface area contributed by atoms with Crippen LogP contribution in [0.4, 0.5) is 0 Å². The van der Waals surface area contributed by atoms with Crippen LogP contribution in [0, 0.1) is 50.7 Å². The lowest BCUT2D eigenvalue weighted by atomic mass is 9.32. The lowest BCUT2D eigenvalue weighted by Crippen LogP contribution is -2.66. The molecule has 5 fully saturated rings. The molecule has 5 rings (SSSR count). The second-order valence-corrected chi connectivity index (χ2v) is 14.2. The monoisotopic (exact) mass is 427 g/mol. The number of rotatable bonds is 0. The van der Waals surface area contributed by atoms with E-state index in [4.69, 9.17) is 5.73 Å². The molecule has 0 spiro atoms. The Hall–Kier alpha value is -0.300. The summed E-state index contributed by atoms with van der Waals surface area (Å²) in [5.41, 5.74) is 9.29. The van der Waals surface area contributed by atoms with E-state index in [9.17, 15) is 0 Å². The van der Waals surface area contributed by atoms with Gasteiger partial charge in [0.2, 0.25) is 0 Å². The summed E-state index contributed by atoms with van der Waals surface area (Å²) >= 11 is 0. The summed E-state index contributed by atoms with van der Waals surface area (Å²) in [5.74, 6) is 3.75. The molecule has 5 aliphatic rings. The molecule has 31 heavy (non-hydrogen) atoms. The van der Waals surface area contributed by atoms with Gasteiger partial charge in [-0.3, -0.25) is 0 Å². The van der Waals surface area contributed by atoms with Crippen LogP contribution in [-0.4, -0.2) is 6.04 Å². The van der Waals surface area contributed by atoms with Gasteiger partial charge in [0.1, 0.15) is 0 Å². The molecule has 0 bridgehead atoms. The van der Waals surface area contributed by atoms with Crippen molar-refractivity contribution in [1.29, 1.82) is 0 Å². The van der Waals surface area contributed by atoms with Gasteiger partial charge in [-0.25, -0.2) is 0 Å². The average molecular weight is 428 g/mol. The van der Waals surface area contributed by atoms with E-state index in [1.807, 2.05) is 6.92 Å². The molecule has 0 aromatic heterocycles. The Labute approximate surface area is 194 Å². The van der Waals surface area contributed by atoms with Gasteiger partial charge >= 0.3 is 0 Å². The summed E-state index contributed by atoms with van der Waals surface area (Å²) in [7, 11) is 0. The minimum atomic E-state index is 0.308. The second-order valence-electron chi connectivity index (χ2n) is 14.2. The van der Waals surface area contributed by atoms with Gasteiger partial charge in [-0.2, -0.15) is 0 Å². The van der Waals surface area contributed by atoms with Gasteiger partial charge in [-0.05, 0) is 122 Å². The number of fused-ring (bicyclic) bond motifs is 7. The number of nitrogens with two attached hydrogens (primary N) is 1. The Morgan fingerprint density at radius 2 is 1.39 bits per heavy atom. The number of allylic oxidation sites excluding steroid dienone is 1. The zero-order valence-corrected chi connectivity index (χ0v) is 22.0. The lowest BCUT2D eigenvalue weighted by molar-refractivity contribution is -0.234. The summed E-state index contributed by atoms with van der Waals surface area (Å²) in [5, 5.41) is 0. The molecular weight excluding hydrogens is 374 g/mol. The molecular formula is C30H53N. The van der Waals surface area contributed by atoms with Crippen LogP contribution in [-0.2, 0) is 0 Å². The third-order valence-corrected chi connectivity index (χ3v) is 12.9. The van der Waals surface area contributed by atoms with Crippen molar-refractivity contribution in [3.8, 4) is 0 Å². The van der Waals surface area contributed by atoms with Gasteiger partial charge in [-0.15, -0.1) is 6.58 Å². The fraction of sp³-hybridized carbons (Fsp3) is 0.933. The first-order valence-corrected chi connectivity index (χ1v) is 13.7. The van der Waals surface area contributed by atoms with Crippen molar-refractivity contribution in [2.45, 2.75) is 125 Å². The summed E-state index contributed by atoms with van der Waals surface area (Å²) in [6.07, 6.45) is 17.8. The quantitative estimate of drug-likeness (QED) is 0.386. The molecule has 0 aromatic rings. The zero-order valence-electron chi connectivity index (χ0n) is 22.0. The Morgan fingerprint density at radius 3 is 2.06 bits per heavy atom. The van der Waals surface area contributed by atoms with Gasteiger partial charge in [0, 0.05) is 6.04 Å². The third kappa shape index (κ3) is 3.10. The Balaban J connectivity index is 0.000000730. The fourth-order valence-corrected chi connectivity index (χ4v) is 10.9. The molecule has 5 saturated carbocycles. The number of hydrogen-bond donors (Lipinski definition) is 1. The largest absolute Gasteiger partial charge is 0.327 e. The van der Waals surface area contributed by atoms with Gasteiger partial charge in [-0.1, -0.05) is 54.0 Å². The van der Waals surface area contributed by atoms with E-state index >= 15 is 0 Å². The standard InChI is InChI=1S/C27H47N.C3H6/c1-23(2)20-11-15-27(6)21(25(20,4)14-12-22(23)28)10-9-19-18-8-7-13-24(18,3)16-17-26(19,27)5;1-3-2/h18-22H,7-17,28H2,1-6H3;3H,1H2,2H3/t18?,19?,20?,21?,22?,24?,25?,26-,27?;/m1./s1. The van der Waals surface area contributed by atoms with Crippen molar-refractivity contribution in [2.75, 3.05) is 0 Å². The summed E-state index contributed by atoms with van der Waals surface area (Å²) < 4.78 is 0. The molecule has 0 amide bonds. The Kier molecular flexibility index (Phi) is 5.85. The van der Waals surface area contributed by atoms with Crippen LogP contribution in [0.3, 0.4) is 0 Å². The van der Waals surface area contributed by atoms with Crippen LogP contribution in [0.15, 0.2) is 12.7 Å². The molecule has 1 heteroatoms. The molecule has 0 aromatic carbocycles. The van der Waals surface area contributed by atoms with E-state index in [0.717, 1.165) is 23.7 Å². The van der Waals surface area contributed by atoms with Crippen molar-refractivity contribution >= 4 is 0 Å². The van der Waals surface area contributed by atoms with Crippen LogP contribution < -0.4 is 5.73 Å². The first kappa shape index (κ1) is 23.8. The molecule has 2 N–H and O–H groups in total. The minimum absolute atomic E-state index is 0.308. The summed E-state index contributed by atoms with van der Waals surface area (Å²) in [4.78, 5) is 0. The molecule has 5 aliphatic carbocycles. The fourth-order valence-electron chi connectivity index (χ4n) is 10.9. The first-order valence-electron chi connectivity index (χ1n) is 13.7. The van der Waals surface area contributed by atoms with E-state index < -0.39 is 0 Å². The number of hydrogen-bond acceptors (Lipinski definition) is 1. The highest BCUT2D eigenvalue weighted by Crippen LogP contribution is 2.76. The smallest absolute Gasteiger partial charge is 0.00933 e. The topological polar surface area (TPSA) is 26.0 Å². The van der Waals surface area contributed by atoms with Gasteiger partial charge < -0.3 is 5.73 Å². The molecule has 8 unspecified atom stereocenters. The highest BCUT2D eigenvalue weighted by atomic mass is 14.8. The lowest BCUT2D eigenvalue weighted by Gasteiger charge is -2.72. The molecule has 178 valence electrons. The van der Waals surface area contributed by atoms with Gasteiger partial charge in [0.05, 0.1) is 0 Å². The summed E-state index contributed by atoms with van der Waals surface area (Å²) in [6, 6.07) is 0.399. The molecule has 1 nitrogen and oxygen atoms in total. The highest BCUT2D eigenvalue weighted by Gasteiger charge is 2.69. The van der Waals surface area contributed by atoms with Crippen molar-refractivity contribution < 1.29 is 0 Å². The van der Waals surface area contributed by atoms with Crippen molar-refractivity contribution in [3.05, 3.63) is 12.7 Å². The summed E-state index contributed by atoms with van der Waals surface area (Å²) in [6.45, 7) is 21.2. The van der Waals surface area contributed by atoms with E-state index in [1.54, 1.807) is 6.08 Å². The van der Waals surface area contributed by atoms with Crippen LogP contribution in [0.1, 0.15) is 119 Å². The van der Waals surface area contributed by atoms with E-state index in [0.29, 0.717) is 33.1 Å². The van der Waals surface area contributed by atoms with Gasteiger partial charge in [0.25, 0.3) is 0 Å². The molecule has 0 aliphatic heterocycles. The minimum Gasteiger partial charge on any atom is -0.327 e. The molecule has 9 atom stereocenters. The third-order valence-electron chi connectivity index (χ3n) is 12.9. The Morgan fingerprint density at radius 1 is 0.710 bits per heavy atom. The van der Waals surface area contributed by atoms with Crippen LogP contribution in [0.2, 0.25) is 0 Å². The SMILES string of the molecule is C=CC.CC12CCCC1C1CCC3C4(C)CCC(N)C(C)(C)C4CCC3(C)[C@]1(C)CC2. The normalized spacial score (nSPS) is 54.9. The van der Waals surface area contributed by atoms with Crippen molar-refractivity contribution in [3.63, 3.8) is 0 Å². The predicted octanol–water partition coefficient (Wildman–Crippen LogP) is 8.38. The first-order chi connectivity index (χ1) is 14.4. The second kappa shape index (κ2) is 7.61. The van der Waals surface area contributed by atoms with Crippen LogP contribution in [0.5, 0.6) is 0 Å². The van der Waals surface area contributed by atoms with Crippen molar-refractivity contribution in [2.24, 2.45) is 56.5 Å². The van der Waals surface area contributed by atoms with Crippen molar-refractivity contribution in [1.82, 2.24) is 0 Å². The van der Waals surface area contributed by atoms with Gasteiger partial charge in [0.15, 0.2) is 0 Å². The maximum atomic E-state index is 6.68. The van der Waals surface area contributed by atoms with Crippen LogP contribution >= 0.6 is 0 Å². The Bertz CT molecular complexity index is 695. The molecule has 0 heterocycles. The van der Waals surface area contributed by atoms with E-state index in [1.165, 1.54) is 70.6 Å².